The summed E-state index contributed by atoms with van der Waals surface area (Å²) < 4.78 is 1.81. The average Bonchev–Trinajstić information content (AvgIpc) is 3.16. The molecule has 26 heavy (non-hydrogen) atoms. The van der Waals surface area contributed by atoms with Gasteiger partial charge in [-0.3, -0.25) is 9.48 Å². The summed E-state index contributed by atoms with van der Waals surface area (Å²) in [7, 11) is 1.89. The van der Waals surface area contributed by atoms with Gasteiger partial charge in [-0.15, -0.1) is 11.3 Å². The Labute approximate surface area is 158 Å². The zero-order chi connectivity index (χ0) is 18.7. The fourth-order valence-corrected chi connectivity index (χ4v) is 3.73. The third kappa shape index (κ3) is 4.02. The number of hydrogen-bond donors (Lipinski definition) is 1. The summed E-state index contributed by atoms with van der Waals surface area (Å²) in [6.45, 7) is 6.09. The van der Waals surface area contributed by atoms with Crippen LogP contribution in [0.25, 0.3) is 11.3 Å². The number of carbonyl (C=O) groups is 1. The molecule has 1 N–H and O–H groups in total. The summed E-state index contributed by atoms with van der Waals surface area (Å²) >= 11 is 1.45. The van der Waals surface area contributed by atoms with E-state index in [1.807, 2.05) is 31.0 Å². The number of anilines is 1. The molecule has 2 aromatic heterocycles. The van der Waals surface area contributed by atoms with Gasteiger partial charge in [-0.05, 0) is 25.8 Å². The van der Waals surface area contributed by atoms with Gasteiger partial charge in [0, 0.05) is 29.2 Å². The van der Waals surface area contributed by atoms with Crippen LogP contribution in [0.4, 0.5) is 5.13 Å². The Bertz CT molecular complexity index is 909. The lowest BCUT2D eigenvalue weighted by molar-refractivity contribution is -0.115. The van der Waals surface area contributed by atoms with E-state index in [1.165, 1.54) is 16.9 Å². The molecule has 136 valence electrons. The van der Waals surface area contributed by atoms with E-state index in [-0.39, 0.29) is 5.91 Å². The van der Waals surface area contributed by atoms with Crippen LogP contribution in [0.2, 0.25) is 0 Å². The lowest BCUT2D eigenvalue weighted by Gasteiger charge is -2.03. The van der Waals surface area contributed by atoms with Crippen LogP contribution in [0.5, 0.6) is 0 Å². The van der Waals surface area contributed by atoms with Crippen LogP contribution in [0.15, 0.2) is 29.6 Å². The smallest absolute Gasteiger partial charge is 0.230 e. The Morgan fingerprint density at radius 1 is 1.23 bits per heavy atom. The molecule has 1 aromatic carbocycles. The monoisotopic (exact) mass is 368 g/mol. The summed E-state index contributed by atoms with van der Waals surface area (Å²) in [5.41, 5.74) is 6.19. The zero-order valence-corrected chi connectivity index (χ0v) is 16.5. The highest BCUT2D eigenvalue weighted by atomic mass is 32.1. The maximum atomic E-state index is 12.4. The van der Waals surface area contributed by atoms with Gasteiger partial charge in [-0.25, -0.2) is 4.98 Å². The third-order valence-corrected chi connectivity index (χ3v) is 5.29. The molecule has 3 aromatic rings. The number of carbonyl (C=O) groups excluding carboxylic acids is 1. The molecular weight excluding hydrogens is 344 g/mol. The lowest BCUT2D eigenvalue weighted by atomic mass is 10.1. The minimum atomic E-state index is -0.0663. The maximum Gasteiger partial charge on any atom is 0.230 e. The van der Waals surface area contributed by atoms with Gasteiger partial charge in [0.1, 0.15) is 0 Å². The van der Waals surface area contributed by atoms with Gasteiger partial charge in [-0.2, -0.15) is 5.10 Å². The standard InChI is InChI=1S/C20H24N4OS/c1-5-6-15-7-9-16(10-8-15)18-12-26-20(21-18)22-19(25)11-17-13(2)23-24(4)14(17)3/h7-10,12H,5-6,11H2,1-4H3,(H,21,22,25). The molecular formula is C20H24N4OS. The first-order valence-electron chi connectivity index (χ1n) is 8.81. The molecule has 2 heterocycles. The Morgan fingerprint density at radius 2 is 1.96 bits per heavy atom. The predicted octanol–water partition coefficient (Wildman–Crippen LogP) is 4.29. The summed E-state index contributed by atoms with van der Waals surface area (Å²) in [6, 6.07) is 8.47. The van der Waals surface area contributed by atoms with Gasteiger partial charge in [0.15, 0.2) is 5.13 Å². The van der Waals surface area contributed by atoms with Crippen molar-refractivity contribution >= 4 is 22.4 Å². The van der Waals surface area contributed by atoms with E-state index in [9.17, 15) is 4.79 Å². The molecule has 0 saturated heterocycles. The number of hydrogen-bond acceptors (Lipinski definition) is 4. The normalized spacial score (nSPS) is 10.9. The van der Waals surface area contributed by atoms with E-state index in [0.717, 1.165) is 41.1 Å². The van der Waals surface area contributed by atoms with Crippen LogP contribution in [-0.2, 0) is 24.7 Å². The van der Waals surface area contributed by atoms with E-state index in [1.54, 1.807) is 0 Å². The predicted molar refractivity (Wildman–Crippen MR) is 107 cm³/mol. The molecule has 5 nitrogen and oxygen atoms in total. The topological polar surface area (TPSA) is 59.8 Å². The highest BCUT2D eigenvalue weighted by Crippen LogP contribution is 2.25. The Balaban J connectivity index is 1.67. The van der Waals surface area contributed by atoms with E-state index < -0.39 is 0 Å². The van der Waals surface area contributed by atoms with Crippen LogP contribution in [0.3, 0.4) is 0 Å². The third-order valence-electron chi connectivity index (χ3n) is 4.54. The van der Waals surface area contributed by atoms with Crippen molar-refractivity contribution in [2.75, 3.05) is 5.32 Å². The number of thiazole rings is 1. The largest absolute Gasteiger partial charge is 0.302 e. The molecule has 0 atom stereocenters. The Morgan fingerprint density at radius 3 is 2.58 bits per heavy atom. The fraction of sp³-hybridized carbons (Fsp3) is 0.350. The highest BCUT2D eigenvalue weighted by molar-refractivity contribution is 7.14. The quantitative estimate of drug-likeness (QED) is 0.706. The van der Waals surface area contributed by atoms with Gasteiger partial charge < -0.3 is 5.32 Å². The highest BCUT2D eigenvalue weighted by Gasteiger charge is 2.15. The molecule has 0 radical (unpaired) electrons. The minimum absolute atomic E-state index is 0.0663. The lowest BCUT2D eigenvalue weighted by Crippen LogP contribution is -2.15. The van der Waals surface area contributed by atoms with Crippen LogP contribution < -0.4 is 5.32 Å². The first kappa shape index (κ1) is 18.3. The van der Waals surface area contributed by atoms with Crippen molar-refractivity contribution < 1.29 is 4.79 Å². The molecule has 0 aliphatic rings. The molecule has 1 amide bonds. The number of benzene rings is 1. The van der Waals surface area contributed by atoms with E-state index in [4.69, 9.17) is 0 Å². The Hall–Kier alpha value is -2.47. The SMILES string of the molecule is CCCc1ccc(-c2csc(NC(=O)Cc3c(C)nn(C)c3C)n2)cc1. The van der Waals surface area contributed by atoms with Crippen LogP contribution in [0.1, 0.15) is 35.9 Å². The summed E-state index contributed by atoms with van der Waals surface area (Å²) in [5, 5.41) is 9.87. The number of nitrogens with zero attached hydrogens (tertiary/aromatic N) is 3. The van der Waals surface area contributed by atoms with Gasteiger partial charge >= 0.3 is 0 Å². The van der Waals surface area contributed by atoms with Gasteiger partial charge in [0.2, 0.25) is 5.91 Å². The molecule has 0 fully saturated rings. The maximum absolute atomic E-state index is 12.4. The summed E-state index contributed by atoms with van der Waals surface area (Å²) in [6.07, 6.45) is 2.54. The summed E-state index contributed by atoms with van der Waals surface area (Å²) in [5.74, 6) is -0.0663. The fourth-order valence-electron chi connectivity index (χ4n) is 2.99. The van der Waals surface area contributed by atoms with Gasteiger partial charge in [0.25, 0.3) is 0 Å². The molecule has 0 unspecified atom stereocenters. The van der Waals surface area contributed by atoms with Crippen molar-refractivity contribution in [3.8, 4) is 11.3 Å². The first-order valence-corrected chi connectivity index (χ1v) is 9.69. The van der Waals surface area contributed by atoms with Gasteiger partial charge in [-0.1, -0.05) is 37.6 Å². The van der Waals surface area contributed by atoms with Crippen molar-refractivity contribution in [2.45, 2.75) is 40.0 Å². The molecule has 0 saturated carbocycles. The van der Waals surface area contributed by atoms with E-state index >= 15 is 0 Å². The number of aryl methyl sites for hydroxylation is 3. The summed E-state index contributed by atoms with van der Waals surface area (Å²) in [4.78, 5) is 16.9. The van der Waals surface area contributed by atoms with Crippen LogP contribution in [0, 0.1) is 13.8 Å². The van der Waals surface area contributed by atoms with Crippen molar-refractivity contribution in [2.24, 2.45) is 7.05 Å². The van der Waals surface area contributed by atoms with Crippen LogP contribution >= 0.6 is 11.3 Å². The van der Waals surface area contributed by atoms with Crippen molar-refractivity contribution in [1.29, 1.82) is 0 Å². The minimum Gasteiger partial charge on any atom is -0.302 e. The molecule has 3 rings (SSSR count). The molecule has 0 aliphatic carbocycles. The number of aromatic nitrogens is 3. The molecule has 0 bridgehead atoms. The molecule has 0 aliphatic heterocycles. The first-order chi connectivity index (χ1) is 12.5. The second kappa shape index (κ2) is 7.83. The Kier molecular flexibility index (Phi) is 5.52. The average molecular weight is 369 g/mol. The van der Waals surface area contributed by atoms with Crippen LogP contribution in [-0.4, -0.2) is 20.7 Å². The zero-order valence-electron chi connectivity index (χ0n) is 15.7. The second-order valence-corrected chi connectivity index (χ2v) is 7.34. The van der Waals surface area contributed by atoms with E-state index in [0.29, 0.717) is 11.6 Å². The number of rotatable bonds is 6. The van der Waals surface area contributed by atoms with Crippen molar-refractivity contribution in [3.63, 3.8) is 0 Å². The van der Waals surface area contributed by atoms with Gasteiger partial charge in [0.05, 0.1) is 17.8 Å². The van der Waals surface area contributed by atoms with Crippen molar-refractivity contribution in [3.05, 3.63) is 52.2 Å². The molecule has 6 heteroatoms. The number of amides is 1. The second-order valence-electron chi connectivity index (χ2n) is 6.48. The van der Waals surface area contributed by atoms with Crippen molar-refractivity contribution in [1.82, 2.24) is 14.8 Å². The van der Waals surface area contributed by atoms with E-state index in [2.05, 4.69) is 46.6 Å². The number of nitrogens with one attached hydrogen (secondary N) is 1. The molecule has 0 spiro atoms.